The van der Waals surface area contributed by atoms with Crippen LogP contribution in [0.15, 0.2) is 24.3 Å². The molecule has 0 amide bonds. The Morgan fingerprint density at radius 1 is 1.18 bits per heavy atom. The van der Waals surface area contributed by atoms with Crippen molar-refractivity contribution in [1.82, 2.24) is 0 Å². The van der Waals surface area contributed by atoms with Crippen LogP contribution in [0.4, 0.5) is 0 Å². The maximum Gasteiger partial charge on any atom is 0.153 e. The highest BCUT2D eigenvalue weighted by atomic mass is 16.1. The molecule has 0 bridgehead atoms. The van der Waals surface area contributed by atoms with E-state index < -0.39 is 0 Å². The average molecular weight is 233 g/mol. The number of unbranched alkanes of at least 4 members (excludes halogenated alkanes) is 1. The SMILES string of the molecule is CCCCC(N)C(=O)Cc1ccc(CC)cc1. The van der Waals surface area contributed by atoms with Gasteiger partial charge in [0, 0.05) is 6.42 Å². The Hall–Kier alpha value is -1.15. The van der Waals surface area contributed by atoms with E-state index in [2.05, 4.69) is 26.0 Å². The lowest BCUT2D eigenvalue weighted by atomic mass is 9.99. The van der Waals surface area contributed by atoms with Gasteiger partial charge in [-0.3, -0.25) is 4.79 Å². The van der Waals surface area contributed by atoms with Crippen molar-refractivity contribution in [3.05, 3.63) is 35.4 Å². The monoisotopic (exact) mass is 233 g/mol. The topological polar surface area (TPSA) is 43.1 Å². The molecule has 0 radical (unpaired) electrons. The Bertz CT molecular complexity index is 342. The van der Waals surface area contributed by atoms with Crippen LogP contribution < -0.4 is 5.73 Å². The molecule has 2 nitrogen and oxygen atoms in total. The molecular weight excluding hydrogens is 210 g/mol. The van der Waals surface area contributed by atoms with E-state index >= 15 is 0 Å². The molecule has 1 aromatic carbocycles. The molecule has 0 saturated carbocycles. The number of aryl methyl sites for hydroxylation is 1. The molecule has 0 aliphatic rings. The molecule has 1 unspecified atom stereocenters. The average Bonchev–Trinajstić information content (AvgIpc) is 2.36. The highest BCUT2D eigenvalue weighted by Gasteiger charge is 2.13. The van der Waals surface area contributed by atoms with Crippen molar-refractivity contribution in [2.24, 2.45) is 5.73 Å². The molecule has 0 spiro atoms. The van der Waals surface area contributed by atoms with Crippen molar-refractivity contribution < 1.29 is 4.79 Å². The fourth-order valence-corrected chi connectivity index (χ4v) is 1.81. The molecule has 2 N–H and O–H groups in total. The Balaban J connectivity index is 2.49. The summed E-state index contributed by atoms with van der Waals surface area (Å²) < 4.78 is 0. The number of carbonyl (C=O) groups is 1. The van der Waals surface area contributed by atoms with E-state index in [1.165, 1.54) is 5.56 Å². The van der Waals surface area contributed by atoms with Gasteiger partial charge >= 0.3 is 0 Å². The second-order valence-corrected chi connectivity index (χ2v) is 4.56. The van der Waals surface area contributed by atoms with E-state index in [0.717, 1.165) is 31.2 Å². The molecule has 0 aromatic heterocycles. The number of hydrogen-bond donors (Lipinski definition) is 1. The van der Waals surface area contributed by atoms with Gasteiger partial charge in [-0.25, -0.2) is 0 Å². The first-order chi connectivity index (χ1) is 8.17. The van der Waals surface area contributed by atoms with Gasteiger partial charge < -0.3 is 5.73 Å². The Morgan fingerprint density at radius 2 is 1.76 bits per heavy atom. The fraction of sp³-hybridized carbons (Fsp3) is 0.533. The lowest BCUT2D eigenvalue weighted by Gasteiger charge is -2.10. The summed E-state index contributed by atoms with van der Waals surface area (Å²) in [4.78, 5) is 11.8. The first-order valence-corrected chi connectivity index (χ1v) is 6.53. The van der Waals surface area contributed by atoms with E-state index in [4.69, 9.17) is 5.73 Å². The van der Waals surface area contributed by atoms with Crippen LogP contribution in [0.1, 0.15) is 44.2 Å². The zero-order chi connectivity index (χ0) is 12.7. The van der Waals surface area contributed by atoms with Gasteiger partial charge in [0.25, 0.3) is 0 Å². The first kappa shape index (κ1) is 13.9. The lowest BCUT2D eigenvalue weighted by Crippen LogP contribution is -2.31. The molecule has 0 fully saturated rings. The van der Waals surface area contributed by atoms with Gasteiger partial charge in [0.15, 0.2) is 5.78 Å². The van der Waals surface area contributed by atoms with Gasteiger partial charge in [0.05, 0.1) is 6.04 Å². The molecule has 17 heavy (non-hydrogen) atoms. The third kappa shape index (κ3) is 4.70. The third-order valence-electron chi connectivity index (χ3n) is 3.09. The summed E-state index contributed by atoms with van der Waals surface area (Å²) >= 11 is 0. The third-order valence-corrected chi connectivity index (χ3v) is 3.09. The predicted molar refractivity (Wildman–Crippen MR) is 72.0 cm³/mol. The smallest absolute Gasteiger partial charge is 0.153 e. The zero-order valence-electron chi connectivity index (χ0n) is 10.9. The minimum atomic E-state index is -0.291. The molecule has 0 saturated heterocycles. The second kappa shape index (κ2) is 7.23. The van der Waals surface area contributed by atoms with Crippen molar-refractivity contribution in [3.63, 3.8) is 0 Å². The summed E-state index contributed by atoms with van der Waals surface area (Å²) in [6.07, 6.45) is 4.43. The Kier molecular flexibility index (Phi) is 5.92. The minimum absolute atomic E-state index is 0.155. The maximum atomic E-state index is 11.8. The lowest BCUT2D eigenvalue weighted by molar-refractivity contribution is -0.119. The number of rotatable bonds is 7. The number of benzene rings is 1. The van der Waals surface area contributed by atoms with Crippen LogP contribution in [-0.2, 0) is 17.6 Å². The van der Waals surface area contributed by atoms with Crippen LogP contribution in [0.25, 0.3) is 0 Å². The number of ketones is 1. The van der Waals surface area contributed by atoms with Crippen LogP contribution in [0, 0.1) is 0 Å². The molecule has 94 valence electrons. The molecule has 0 heterocycles. The van der Waals surface area contributed by atoms with E-state index in [1.807, 2.05) is 12.1 Å². The summed E-state index contributed by atoms with van der Waals surface area (Å²) in [5, 5.41) is 0. The highest BCUT2D eigenvalue weighted by molar-refractivity contribution is 5.85. The molecular formula is C15H23NO. The van der Waals surface area contributed by atoms with Crippen molar-refractivity contribution >= 4 is 5.78 Å². The van der Waals surface area contributed by atoms with E-state index in [-0.39, 0.29) is 11.8 Å². The highest BCUT2D eigenvalue weighted by Crippen LogP contribution is 2.08. The molecule has 0 aliphatic heterocycles. The van der Waals surface area contributed by atoms with E-state index in [0.29, 0.717) is 6.42 Å². The fourth-order valence-electron chi connectivity index (χ4n) is 1.81. The van der Waals surface area contributed by atoms with Gasteiger partial charge in [-0.1, -0.05) is 51.0 Å². The van der Waals surface area contributed by atoms with Crippen LogP contribution in [-0.4, -0.2) is 11.8 Å². The van der Waals surface area contributed by atoms with Gasteiger partial charge in [-0.2, -0.15) is 0 Å². The minimum Gasteiger partial charge on any atom is -0.321 e. The summed E-state index contributed by atoms with van der Waals surface area (Å²) in [5.41, 5.74) is 8.23. The largest absolute Gasteiger partial charge is 0.321 e. The van der Waals surface area contributed by atoms with E-state index in [9.17, 15) is 4.79 Å². The maximum absolute atomic E-state index is 11.8. The molecule has 1 atom stereocenters. The van der Waals surface area contributed by atoms with Gasteiger partial charge in [0.2, 0.25) is 0 Å². The van der Waals surface area contributed by atoms with Crippen molar-refractivity contribution in [2.75, 3.05) is 0 Å². The van der Waals surface area contributed by atoms with Crippen LogP contribution >= 0.6 is 0 Å². The number of hydrogen-bond acceptors (Lipinski definition) is 2. The van der Waals surface area contributed by atoms with Crippen molar-refractivity contribution in [3.8, 4) is 0 Å². The zero-order valence-corrected chi connectivity index (χ0v) is 10.9. The Labute approximate surface area is 104 Å². The Morgan fingerprint density at radius 3 is 2.29 bits per heavy atom. The normalized spacial score (nSPS) is 12.4. The number of Topliss-reactive ketones (excluding diaryl/α,β-unsaturated/α-hetero) is 1. The molecule has 1 aromatic rings. The molecule has 2 heteroatoms. The first-order valence-electron chi connectivity index (χ1n) is 6.53. The van der Waals surface area contributed by atoms with Crippen LogP contribution in [0.2, 0.25) is 0 Å². The van der Waals surface area contributed by atoms with Crippen molar-refractivity contribution in [2.45, 2.75) is 52.0 Å². The molecule has 0 aliphatic carbocycles. The van der Waals surface area contributed by atoms with Gasteiger partial charge in [-0.05, 0) is 24.0 Å². The summed E-state index contributed by atoms with van der Waals surface area (Å²) in [7, 11) is 0. The number of carbonyl (C=O) groups excluding carboxylic acids is 1. The summed E-state index contributed by atoms with van der Waals surface area (Å²) in [6, 6.07) is 7.94. The van der Waals surface area contributed by atoms with Crippen LogP contribution in [0.5, 0.6) is 0 Å². The van der Waals surface area contributed by atoms with Gasteiger partial charge in [-0.15, -0.1) is 0 Å². The quantitative estimate of drug-likeness (QED) is 0.787. The van der Waals surface area contributed by atoms with Crippen LogP contribution in [0.3, 0.4) is 0 Å². The summed E-state index contributed by atoms with van der Waals surface area (Å²) in [6.45, 7) is 4.24. The van der Waals surface area contributed by atoms with Gasteiger partial charge in [0.1, 0.15) is 0 Å². The second-order valence-electron chi connectivity index (χ2n) is 4.56. The molecule has 1 rings (SSSR count). The standard InChI is InChI=1S/C15H23NO/c1-3-5-6-14(16)15(17)11-13-9-7-12(4-2)8-10-13/h7-10,14H,3-6,11,16H2,1-2H3. The summed E-state index contributed by atoms with van der Waals surface area (Å²) in [5.74, 6) is 0.155. The number of nitrogens with two attached hydrogens (primary N) is 1. The predicted octanol–water partition coefficient (Wildman–Crippen LogP) is 2.88. The van der Waals surface area contributed by atoms with E-state index in [1.54, 1.807) is 0 Å². The van der Waals surface area contributed by atoms with Crippen molar-refractivity contribution in [1.29, 1.82) is 0 Å².